The molecule has 1 aromatic heterocycles. The lowest BCUT2D eigenvalue weighted by molar-refractivity contribution is -0.115. The first-order valence-corrected chi connectivity index (χ1v) is 9.12. The maximum atomic E-state index is 12.1. The minimum atomic E-state index is -0.216. The van der Waals surface area contributed by atoms with Crippen molar-refractivity contribution in [2.75, 3.05) is 0 Å². The molecule has 0 atom stereocenters. The van der Waals surface area contributed by atoms with Crippen LogP contribution in [0.5, 0.6) is 0 Å². The van der Waals surface area contributed by atoms with Crippen LogP contribution >= 0.6 is 11.8 Å². The van der Waals surface area contributed by atoms with E-state index in [1.807, 2.05) is 72.8 Å². The zero-order valence-corrected chi connectivity index (χ0v) is 15.0. The zero-order chi connectivity index (χ0) is 18.5. The van der Waals surface area contributed by atoms with Crippen LogP contribution in [-0.2, 0) is 4.79 Å². The Labute approximate surface area is 160 Å². The molecular weight excluding hydrogens is 358 g/mol. The van der Waals surface area contributed by atoms with Crippen LogP contribution < -0.4 is 5.32 Å². The lowest BCUT2D eigenvalue weighted by Gasteiger charge is -1.95. The van der Waals surface area contributed by atoms with E-state index in [4.69, 9.17) is 4.42 Å². The van der Waals surface area contributed by atoms with Gasteiger partial charge < -0.3 is 4.42 Å². The van der Waals surface area contributed by atoms with Crippen molar-refractivity contribution in [3.63, 3.8) is 0 Å². The minimum Gasteiger partial charge on any atom is -0.457 e. The molecule has 132 valence electrons. The molecule has 1 aliphatic heterocycles. The average molecular weight is 373 g/mol. The molecule has 2 heterocycles. The van der Waals surface area contributed by atoms with Crippen molar-refractivity contribution in [3.05, 3.63) is 89.0 Å². The summed E-state index contributed by atoms with van der Waals surface area (Å²) in [6, 6.07) is 23.2. The number of carbonyl (C=O) groups is 1. The number of benzene rings is 2. The Hall–Kier alpha value is -3.38. The standard InChI is InChI=1S/C21H15N3O2S/c25-20-19(13-17-11-12-18(26-17)16-9-5-2-6-10-16)27-21(23-20)24-22-14-15-7-3-1-4-8-15/h1-14H,(H,23,24,25). The molecule has 1 fully saturated rings. The second kappa shape index (κ2) is 7.88. The maximum absolute atomic E-state index is 12.1. The van der Waals surface area contributed by atoms with Crippen LogP contribution in [0.15, 0.2) is 92.3 Å². The molecule has 6 heteroatoms. The van der Waals surface area contributed by atoms with Crippen LogP contribution in [0, 0.1) is 0 Å². The van der Waals surface area contributed by atoms with Gasteiger partial charge in [0.25, 0.3) is 5.91 Å². The van der Waals surface area contributed by atoms with Gasteiger partial charge in [-0.15, -0.1) is 5.10 Å². The predicted molar refractivity (Wildman–Crippen MR) is 109 cm³/mol. The van der Waals surface area contributed by atoms with Gasteiger partial charge in [0.1, 0.15) is 11.5 Å². The van der Waals surface area contributed by atoms with E-state index >= 15 is 0 Å². The summed E-state index contributed by atoms with van der Waals surface area (Å²) >= 11 is 1.23. The Kier molecular flexibility index (Phi) is 4.98. The molecule has 5 nitrogen and oxygen atoms in total. The van der Waals surface area contributed by atoms with E-state index in [2.05, 4.69) is 15.5 Å². The fourth-order valence-electron chi connectivity index (χ4n) is 2.48. The maximum Gasteiger partial charge on any atom is 0.264 e. The van der Waals surface area contributed by atoms with Crippen molar-refractivity contribution in [1.29, 1.82) is 0 Å². The van der Waals surface area contributed by atoms with E-state index in [-0.39, 0.29) is 5.91 Å². The normalized spacial score (nSPS) is 17.1. The molecule has 1 saturated heterocycles. The van der Waals surface area contributed by atoms with E-state index in [0.717, 1.165) is 16.9 Å². The molecule has 2 aromatic carbocycles. The number of amides is 1. The predicted octanol–water partition coefficient (Wildman–Crippen LogP) is 4.54. The second-order valence-electron chi connectivity index (χ2n) is 5.69. The minimum absolute atomic E-state index is 0.216. The molecule has 4 rings (SSSR count). The van der Waals surface area contributed by atoms with Gasteiger partial charge in [-0.25, -0.2) is 0 Å². The zero-order valence-electron chi connectivity index (χ0n) is 14.2. The summed E-state index contributed by atoms with van der Waals surface area (Å²) in [5.74, 6) is 1.15. The highest BCUT2D eigenvalue weighted by atomic mass is 32.2. The fraction of sp³-hybridized carbons (Fsp3) is 0. The largest absolute Gasteiger partial charge is 0.457 e. The van der Waals surface area contributed by atoms with Crippen LogP contribution in [0.3, 0.4) is 0 Å². The fourth-order valence-corrected chi connectivity index (χ4v) is 3.24. The molecule has 0 saturated carbocycles. The second-order valence-corrected chi connectivity index (χ2v) is 6.72. The molecule has 3 aromatic rings. The van der Waals surface area contributed by atoms with Crippen molar-refractivity contribution in [2.24, 2.45) is 10.2 Å². The molecule has 0 bridgehead atoms. The van der Waals surface area contributed by atoms with Crippen molar-refractivity contribution < 1.29 is 9.21 Å². The van der Waals surface area contributed by atoms with E-state index < -0.39 is 0 Å². The van der Waals surface area contributed by atoms with E-state index in [1.165, 1.54) is 11.8 Å². The van der Waals surface area contributed by atoms with Crippen LogP contribution in [-0.4, -0.2) is 17.3 Å². The van der Waals surface area contributed by atoms with Crippen molar-refractivity contribution in [2.45, 2.75) is 0 Å². The third kappa shape index (κ3) is 4.24. The monoisotopic (exact) mass is 373 g/mol. The number of rotatable bonds is 4. The molecule has 0 spiro atoms. The molecule has 0 unspecified atom stereocenters. The Morgan fingerprint density at radius 3 is 2.44 bits per heavy atom. The first kappa shape index (κ1) is 17.1. The Balaban J connectivity index is 1.47. The lowest BCUT2D eigenvalue weighted by Crippen LogP contribution is -2.19. The first-order chi connectivity index (χ1) is 13.3. The Morgan fingerprint density at radius 1 is 0.926 bits per heavy atom. The molecule has 1 aliphatic rings. The van der Waals surface area contributed by atoms with Crippen molar-refractivity contribution in [3.8, 4) is 11.3 Å². The summed E-state index contributed by atoms with van der Waals surface area (Å²) in [6.45, 7) is 0. The Bertz CT molecular complexity index is 1040. The van der Waals surface area contributed by atoms with Gasteiger partial charge in [-0.1, -0.05) is 60.7 Å². The number of hydrogen-bond donors (Lipinski definition) is 1. The summed E-state index contributed by atoms with van der Waals surface area (Å²) in [5.41, 5.74) is 1.93. The average Bonchev–Trinajstić information content (AvgIpc) is 3.31. The van der Waals surface area contributed by atoms with Gasteiger partial charge >= 0.3 is 0 Å². The highest BCUT2D eigenvalue weighted by Crippen LogP contribution is 2.28. The van der Waals surface area contributed by atoms with Gasteiger partial charge in [-0.2, -0.15) is 5.10 Å². The van der Waals surface area contributed by atoms with E-state index in [0.29, 0.717) is 15.8 Å². The lowest BCUT2D eigenvalue weighted by atomic mass is 10.2. The number of amidine groups is 1. The number of furan rings is 1. The topological polar surface area (TPSA) is 67.0 Å². The van der Waals surface area contributed by atoms with Gasteiger partial charge in [0, 0.05) is 11.6 Å². The quantitative estimate of drug-likeness (QED) is 0.415. The first-order valence-electron chi connectivity index (χ1n) is 8.30. The van der Waals surface area contributed by atoms with Crippen molar-refractivity contribution >= 4 is 35.1 Å². The molecule has 0 radical (unpaired) electrons. The van der Waals surface area contributed by atoms with Crippen LogP contribution in [0.1, 0.15) is 11.3 Å². The van der Waals surface area contributed by atoms with Crippen LogP contribution in [0.4, 0.5) is 0 Å². The summed E-state index contributed by atoms with van der Waals surface area (Å²) in [7, 11) is 0. The molecule has 1 N–H and O–H groups in total. The summed E-state index contributed by atoms with van der Waals surface area (Å²) in [6.07, 6.45) is 3.34. The number of thioether (sulfide) groups is 1. The summed E-state index contributed by atoms with van der Waals surface area (Å²) in [5, 5.41) is 11.2. The summed E-state index contributed by atoms with van der Waals surface area (Å²) < 4.78 is 5.81. The summed E-state index contributed by atoms with van der Waals surface area (Å²) in [4.78, 5) is 12.6. The van der Waals surface area contributed by atoms with Crippen molar-refractivity contribution in [1.82, 2.24) is 5.32 Å². The number of nitrogens with one attached hydrogen (secondary N) is 1. The van der Waals surface area contributed by atoms with E-state index in [1.54, 1.807) is 12.3 Å². The van der Waals surface area contributed by atoms with E-state index in [9.17, 15) is 4.79 Å². The highest BCUT2D eigenvalue weighted by Gasteiger charge is 2.24. The third-order valence-corrected chi connectivity index (χ3v) is 4.66. The number of hydrogen-bond acceptors (Lipinski definition) is 5. The van der Waals surface area contributed by atoms with Gasteiger partial charge in [0.2, 0.25) is 0 Å². The highest BCUT2D eigenvalue weighted by molar-refractivity contribution is 8.18. The molecule has 1 amide bonds. The smallest absolute Gasteiger partial charge is 0.264 e. The van der Waals surface area contributed by atoms with Gasteiger partial charge in [0.05, 0.1) is 11.1 Å². The van der Waals surface area contributed by atoms with Gasteiger partial charge in [-0.3, -0.25) is 10.1 Å². The Morgan fingerprint density at radius 2 is 1.67 bits per heavy atom. The molecular formula is C21H15N3O2S. The van der Waals surface area contributed by atoms with Crippen LogP contribution in [0.2, 0.25) is 0 Å². The third-order valence-electron chi connectivity index (χ3n) is 3.76. The van der Waals surface area contributed by atoms with Gasteiger partial charge in [-0.05, 0) is 29.5 Å². The van der Waals surface area contributed by atoms with Gasteiger partial charge in [0.15, 0.2) is 5.17 Å². The SMILES string of the molecule is O=C1NC(=NN=Cc2ccccc2)SC1=Cc1ccc(-c2ccccc2)o1. The van der Waals surface area contributed by atoms with Crippen LogP contribution in [0.25, 0.3) is 17.4 Å². The molecule has 27 heavy (non-hydrogen) atoms. The number of nitrogens with zero attached hydrogens (tertiary/aromatic N) is 2. The number of carbonyl (C=O) groups excluding carboxylic acids is 1. The molecule has 0 aliphatic carbocycles.